The third kappa shape index (κ3) is 4.03. The van der Waals surface area contributed by atoms with Gasteiger partial charge in [0.05, 0.1) is 11.4 Å². The molecule has 0 bridgehead atoms. The molecule has 116 valence electrons. The van der Waals surface area contributed by atoms with Crippen molar-refractivity contribution < 1.29 is 9.53 Å². The summed E-state index contributed by atoms with van der Waals surface area (Å²) in [4.78, 5) is 16.0. The van der Waals surface area contributed by atoms with Crippen molar-refractivity contribution in [3.8, 4) is 0 Å². The zero-order valence-corrected chi connectivity index (χ0v) is 14.3. The molecule has 1 amide bonds. The molecule has 21 heavy (non-hydrogen) atoms. The highest BCUT2D eigenvalue weighted by atomic mass is 79.9. The highest BCUT2D eigenvalue weighted by molar-refractivity contribution is 9.10. The van der Waals surface area contributed by atoms with Crippen molar-refractivity contribution in [3.05, 3.63) is 22.7 Å². The minimum Gasteiger partial charge on any atom is -0.444 e. The SMILES string of the molecule is CC(C)(C)OC(=O)N1CCN(c2c(N)cccc2Br)CC1. The Hall–Kier alpha value is -1.43. The highest BCUT2D eigenvalue weighted by Crippen LogP contribution is 2.32. The summed E-state index contributed by atoms with van der Waals surface area (Å²) in [5.74, 6) is 0. The molecule has 0 spiro atoms. The highest BCUT2D eigenvalue weighted by Gasteiger charge is 2.27. The van der Waals surface area contributed by atoms with Crippen LogP contribution in [0.25, 0.3) is 0 Å². The van der Waals surface area contributed by atoms with Crippen LogP contribution >= 0.6 is 15.9 Å². The summed E-state index contributed by atoms with van der Waals surface area (Å²) in [5, 5.41) is 0. The molecule has 1 heterocycles. The summed E-state index contributed by atoms with van der Waals surface area (Å²) in [6.45, 7) is 8.39. The van der Waals surface area contributed by atoms with Gasteiger partial charge in [0.15, 0.2) is 0 Å². The lowest BCUT2D eigenvalue weighted by atomic mass is 10.2. The molecule has 5 nitrogen and oxygen atoms in total. The van der Waals surface area contributed by atoms with Crippen LogP contribution < -0.4 is 10.6 Å². The van der Waals surface area contributed by atoms with Crippen molar-refractivity contribution in [2.45, 2.75) is 26.4 Å². The fraction of sp³-hybridized carbons (Fsp3) is 0.533. The molecule has 0 unspecified atom stereocenters. The normalized spacial score (nSPS) is 16.0. The first-order valence-corrected chi connectivity index (χ1v) is 7.84. The van der Waals surface area contributed by atoms with Gasteiger partial charge in [0.1, 0.15) is 5.60 Å². The van der Waals surface area contributed by atoms with Gasteiger partial charge in [-0.1, -0.05) is 6.07 Å². The summed E-state index contributed by atoms with van der Waals surface area (Å²) in [7, 11) is 0. The van der Waals surface area contributed by atoms with Crippen LogP contribution in [-0.4, -0.2) is 42.8 Å². The molecule has 1 aliphatic rings. The van der Waals surface area contributed by atoms with Gasteiger partial charge in [0.2, 0.25) is 0 Å². The van der Waals surface area contributed by atoms with Crippen LogP contribution in [0.4, 0.5) is 16.2 Å². The summed E-state index contributed by atoms with van der Waals surface area (Å²) in [5.41, 5.74) is 7.34. The Morgan fingerprint density at radius 2 is 1.86 bits per heavy atom. The minimum absolute atomic E-state index is 0.248. The third-order valence-corrected chi connectivity index (χ3v) is 3.91. The van der Waals surface area contributed by atoms with E-state index in [-0.39, 0.29) is 6.09 Å². The molecule has 0 aliphatic carbocycles. The number of anilines is 2. The molecule has 0 radical (unpaired) electrons. The zero-order chi connectivity index (χ0) is 15.6. The van der Waals surface area contributed by atoms with E-state index in [1.54, 1.807) is 4.90 Å². The van der Waals surface area contributed by atoms with E-state index < -0.39 is 5.60 Å². The fourth-order valence-electron chi connectivity index (χ4n) is 2.30. The Balaban J connectivity index is 1.99. The fourth-order valence-corrected chi connectivity index (χ4v) is 2.94. The first-order chi connectivity index (χ1) is 9.78. The molecule has 6 heteroatoms. The minimum atomic E-state index is -0.457. The maximum atomic E-state index is 12.0. The smallest absolute Gasteiger partial charge is 0.410 e. The molecule has 1 saturated heterocycles. The van der Waals surface area contributed by atoms with E-state index >= 15 is 0 Å². The van der Waals surface area contributed by atoms with Gasteiger partial charge in [0.25, 0.3) is 0 Å². The first kappa shape index (κ1) is 15.9. The zero-order valence-electron chi connectivity index (χ0n) is 12.7. The van der Waals surface area contributed by atoms with Gasteiger partial charge in [-0.25, -0.2) is 4.79 Å². The number of carbonyl (C=O) groups is 1. The largest absolute Gasteiger partial charge is 0.444 e. The van der Waals surface area contributed by atoms with Gasteiger partial charge in [-0.2, -0.15) is 0 Å². The van der Waals surface area contributed by atoms with Crippen LogP contribution in [-0.2, 0) is 4.74 Å². The molecule has 1 aromatic rings. The number of ether oxygens (including phenoxy) is 1. The van der Waals surface area contributed by atoms with Crippen molar-refractivity contribution >= 4 is 33.4 Å². The Kier molecular flexibility index (Phi) is 4.66. The number of halogens is 1. The van der Waals surface area contributed by atoms with Gasteiger partial charge in [-0.3, -0.25) is 0 Å². The van der Waals surface area contributed by atoms with E-state index in [9.17, 15) is 4.79 Å². The average molecular weight is 356 g/mol. The molecule has 1 fully saturated rings. The molecule has 1 aliphatic heterocycles. The lowest BCUT2D eigenvalue weighted by Gasteiger charge is -2.37. The number of rotatable bonds is 1. The summed E-state index contributed by atoms with van der Waals surface area (Å²) < 4.78 is 6.38. The maximum absolute atomic E-state index is 12.0. The van der Waals surface area contributed by atoms with Crippen LogP contribution in [0, 0.1) is 0 Å². The van der Waals surface area contributed by atoms with E-state index in [0.717, 1.165) is 28.9 Å². The van der Waals surface area contributed by atoms with Crippen LogP contribution in [0.5, 0.6) is 0 Å². The average Bonchev–Trinajstić information content (AvgIpc) is 2.37. The van der Waals surface area contributed by atoms with Crippen molar-refractivity contribution in [3.63, 3.8) is 0 Å². The number of nitrogen functional groups attached to an aromatic ring is 1. The van der Waals surface area contributed by atoms with Crippen molar-refractivity contribution in [2.24, 2.45) is 0 Å². The van der Waals surface area contributed by atoms with Crippen molar-refractivity contribution in [1.82, 2.24) is 4.90 Å². The molecular formula is C15H22BrN3O2. The van der Waals surface area contributed by atoms with Gasteiger partial charge >= 0.3 is 6.09 Å². The van der Waals surface area contributed by atoms with Gasteiger partial charge < -0.3 is 20.3 Å². The molecule has 0 aromatic heterocycles. The summed E-state index contributed by atoms with van der Waals surface area (Å²) in [6, 6.07) is 5.78. The number of amides is 1. The number of para-hydroxylation sites is 1. The van der Waals surface area contributed by atoms with Gasteiger partial charge in [-0.05, 0) is 48.8 Å². The lowest BCUT2D eigenvalue weighted by molar-refractivity contribution is 0.0240. The number of hydrogen-bond acceptors (Lipinski definition) is 4. The van der Waals surface area contributed by atoms with Crippen LogP contribution in [0.15, 0.2) is 22.7 Å². The maximum Gasteiger partial charge on any atom is 0.410 e. The summed E-state index contributed by atoms with van der Waals surface area (Å²) >= 11 is 3.54. The number of carbonyl (C=O) groups excluding carboxylic acids is 1. The summed E-state index contributed by atoms with van der Waals surface area (Å²) in [6.07, 6.45) is -0.248. The van der Waals surface area contributed by atoms with E-state index in [1.165, 1.54) is 0 Å². The number of nitrogens with two attached hydrogens (primary N) is 1. The second-order valence-corrected chi connectivity index (χ2v) is 6.99. The monoisotopic (exact) mass is 355 g/mol. The van der Waals surface area contributed by atoms with Gasteiger partial charge in [-0.15, -0.1) is 0 Å². The topological polar surface area (TPSA) is 58.8 Å². The van der Waals surface area contributed by atoms with E-state index in [1.807, 2.05) is 39.0 Å². The number of hydrogen-bond donors (Lipinski definition) is 1. The molecule has 2 rings (SSSR count). The van der Waals surface area contributed by atoms with E-state index in [4.69, 9.17) is 10.5 Å². The molecule has 2 N–H and O–H groups in total. The Bertz CT molecular complexity index is 500. The van der Waals surface area contributed by atoms with Crippen LogP contribution in [0.1, 0.15) is 20.8 Å². The van der Waals surface area contributed by atoms with E-state index in [0.29, 0.717) is 13.1 Å². The van der Waals surface area contributed by atoms with Crippen molar-refractivity contribution in [2.75, 3.05) is 36.8 Å². The predicted molar refractivity (Wildman–Crippen MR) is 88.6 cm³/mol. The second kappa shape index (κ2) is 6.13. The van der Waals surface area contributed by atoms with E-state index in [2.05, 4.69) is 20.8 Å². The third-order valence-electron chi connectivity index (χ3n) is 3.27. The standard InChI is InChI=1S/C15H22BrN3O2/c1-15(2,3)21-14(20)19-9-7-18(8-10-19)13-11(16)5-4-6-12(13)17/h4-6H,7-10,17H2,1-3H3. The second-order valence-electron chi connectivity index (χ2n) is 6.13. The molecule has 0 atom stereocenters. The Labute approximate surface area is 134 Å². The molecule has 0 saturated carbocycles. The van der Waals surface area contributed by atoms with Crippen molar-refractivity contribution in [1.29, 1.82) is 0 Å². The Morgan fingerprint density at radius 3 is 2.38 bits per heavy atom. The predicted octanol–water partition coefficient (Wildman–Crippen LogP) is 3.09. The number of nitrogens with zero attached hydrogens (tertiary/aromatic N) is 2. The van der Waals surface area contributed by atoms with Crippen LogP contribution in [0.3, 0.4) is 0 Å². The first-order valence-electron chi connectivity index (χ1n) is 7.05. The van der Waals surface area contributed by atoms with Gasteiger partial charge in [0, 0.05) is 30.7 Å². The number of piperazine rings is 1. The number of benzene rings is 1. The molecule has 1 aromatic carbocycles. The van der Waals surface area contributed by atoms with Crippen LogP contribution in [0.2, 0.25) is 0 Å². The Morgan fingerprint density at radius 1 is 1.24 bits per heavy atom. The lowest BCUT2D eigenvalue weighted by Crippen LogP contribution is -2.50. The molecular weight excluding hydrogens is 334 g/mol. The quantitative estimate of drug-likeness (QED) is 0.786.